The van der Waals surface area contributed by atoms with Gasteiger partial charge < -0.3 is 29.2 Å². The smallest absolute Gasteiger partial charge is 0.231 e. The van der Waals surface area contributed by atoms with Gasteiger partial charge in [0.25, 0.3) is 0 Å². The SMILES string of the molecule is COc1cc2c(Nc3c(Cl)ccc4c3OCO4)ncnc2cc1OCCCN1CCN(CC#N)CC1. The van der Waals surface area contributed by atoms with E-state index in [4.69, 9.17) is 35.8 Å². The third-order valence-electron chi connectivity index (χ3n) is 6.29. The number of rotatable bonds is 9. The summed E-state index contributed by atoms with van der Waals surface area (Å²) >= 11 is 6.44. The molecule has 0 spiro atoms. The molecule has 36 heavy (non-hydrogen) atoms. The van der Waals surface area contributed by atoms with Crippen LogP contribution in [0.15, 0.2) is 30.6 Å². The number of ether oxygens (including phenoxy) is 4. The first kappa shape index (κ1) is 24.2. The van der Waals surface area contributed by atoms with Crippen molar-refractivity contribution in [2.24, 2.45) is 0 Å². The molecule has 10 nitrogen and oxygen atoms in total. The molecule has 1 aromatic heterocycles. The molecule has 1 saturated heterocycles. The fourth-order valence-corrected chi connectivity index (χ4v) is 4.56. The van der Waals surface area contributed by atoms with Gasteiger partial charge in [0.1, 0.15) is 17.8 Å². The number of nitriles is 1. The average Bonchev–Trinajstić information content (AvgIpc) is 3.38. The summed E-state index contributed by atoms with van der Waals surface area (Å²) in [6.07, 6.45) is 2.37. The number of halogens is 1. The molecular weight excluding hydrogens is 484 g/mol. The number of methoxy groups -OCH3 is 1. The van der Waals surface area contributed by atoms with Crippen LogP contribution in [-0.2, 0) is 0 Å². The Hall–Kier alpha value is -3.52. The van der Waals surface area contributed by atoms with Crippen molar-refractivity contribution in [3.05, 3.63) is 35.6 Å². The minimum absolute atomic E-state index is 0.140. The Morgan fingerprint density at radius 3 is 2.75 bits per heavy atom. The molecule has 2 aliphatic heterocycles. The van der Waals surface area contributed by atoms with E-state index in [1.807, 2.05) is 12.1 Å². The van der Waals surface area contributed by atoms with E-state index in [1.54, 1.807) is 19.2 Å². The molecule has 0 amide bonds. The molecule has 188 valence electrons. The monoisotopic (exact) mass is 510 g/mol. The van der Waals surface area contributed by atoms with Crippen molar-refractivity contribution in [3.8, 4) is 29.1 Å². The Labute approximate surface area is 214 Å². The van der Waals surface area contributed by atoms with E-state index in [0.29, 0.717) is 58.2 Å². The molecule has 0 saturated carbocycles. The first-order chi connectivity index (χ1) is 17.7. The van der Waals surface area contributed by atoms with Crippen molar-refractivity contribution in [2.45, 2.75) is 6.42 Å². The van der Waals surface area contributed by atoms with Gasteiger partial charge in [0.2, 0.25) is 6.79 Å². The molecule has 3 aromatic rings. The minimum atomic E-state index is 0.140. The lowest BCUT2D eigenvalue weighted by atomic mass is 10.2. The van der Waals surface area contributed by atoms with Gasteiger partial charge in [0.05, 0.1) is 36.9 Å². The van der Waals surface area contributed by atoms with Gasteiger partial charge in [-0.2, -0.15) is 5.26 Å². The molecule has 2 aromatic carbocycles. The highest BCUT2D eigenvalue weighted by Gasteiger charge is 2.22. The van der Waals surface area contributed by atoms with Crippen LogP contribution in [-0.4, -0.2) is 79.5 Å². The van der Waals surface area contributed by atoms with Gasteiger partial charge in [0.15, 0.2) is 23.0 Å². The standard InChI is InChI=1S/C25H27ClN6O4/c1-33-21-13-17-19(14-22(21)34-12-2-6-31-8-10-32(7-5-27)11-9-31)28-15-29-25(17)30-23-18(26)3-4-20-24(23)36-16-35-20/h3-4,13-15H,2,6-12,16H2,1H3,(H,28,29,30). The first-order valence-corrected chi connectivity index (χ1v) is 12.2. The van der Waals surface area contributed by atoms with E-state index in [-0.39, 0.29) is 6.79 Å². The Morgan fingerprint density at radius 2 is 1.94 bits per heavy atom. The molecule has 0 atom stereocenters. The number of nitrogens with zero attached hydrogens (tertiary/aromatic N) is 5. The second-order valence-electron chi connectivity index (χ2n) is 8.50. The van der Waals surface area contributed by atoms with E-state index >= 15 is 0 Å². The van der Waals surface area contributed by atoms with Crippen LogP contribution in [0.2, 0.25) is 5.02 Å². The molecule has 1 fully saturated rings. The molecule has 11 heteroatoms. The van der Waals surface area contributed by atoms with E-state index < -0.39 is 0 Å². The Kier molecular flexibility index (Phi) is 7.41. The van der Waals surface area contributed by atoms with Crippen LogP contribution < -0.4 is 24.3 Å². The molecule has 5 rings (SSSR count). The lowest BCUT2D eigenvalue weighted by Crippen LogP contribution is -2.46. The summed E-state index contributed by atoms with van der Waals surface area (Å²) in [7, 11) is 1.61. The number of hydrogen-bond acceptors (Lipinski definition) is 10. The highest BCUT2D eigenvalue weighted by Crippen LogP contribution is 2.45. The van der Waals surface area contributed by atoms with E-state index in [1.165, 1.54) is 6.33 Å². The van der Waals surface area contributed by atoms with Crippen LogP contribution in [0.4, 0.5) is 11.5 Å². The summed E-state index contributed by atoms with van der Waals surface area (Å²) in [6.45, 7) is 5.94. The second-order valence-corrected chi connectivity index (χ2v) is 8.91. The van der Waals surface area contributed by atoms with Crippen molar-refractivity contribution in [1.29, 1.82) is 5.26 Å². The summed E-state index contributed by atoms with van der Waals surface area (Å²) < 4.78 is 22.8. The summed E-state index contributed by atoms with van der Waals surface area (Å²) in [4.78, 5) is 13.4. The van der Waals surface area contributed by atoms with Gasteiger partial charge in [-0.3, -0.25) is 4.90 Å². The highest BCUT2D eigenvalue weighted by molar-refractivity contribution is 6.34. The van der Waals surface area contributed by atoms with Crippen molar-refractivity contribution < 1.29 is 18.9 Å². The Balaban J connectivity index is 1.26. The number of aromatic nitrogens is 2. The van der Waals surface area contributed by atoms with Gasteiger partial charge in [0, 0.05) is 44.2 Å². The molecule has 0 aliphatic carbocycles. The molecule has 3 heterocycles. The van der Waals surface area contributed by atoms with Crippen LogP contribution in [0.1, 0.15) is 6.42 Å². The van der Waals surface area contributed by atoms with Gasteiger partial charge in [-0.1, -0.05) is 11.6 Å². The maximum absolute atomic E-state index is 8.84. The summed E-state index contributed by atoms with van der Waals surface area (Å²) in [5, 5.41) is 13.4. The number of benzene rings is 2. The van der Waals surface area contributed by atoms with Crippen LogP contribution in [0, 0.1) is 11.3 Å². The minimum Gasteiger partial charge on any atom is -0.493 e. The number of anilines is 2. The van der Waals surface area contributed by atoms with Crippen molar-refractivity contribution in [2.75, 3.05) is 65.1 Å². The average molecular weight is 511 g/mol. The van der Waals surface area contributed by atoms with Crippen LogP contribution in [0.25, 0.3) is 10.9 Å². The zero-order valence-corrected chi connectivity index (χ0v) is 20.8. The van der Waals surface area contributed by atoms with Gasteiger partial charge in [-0.15, -0.1) is 0 Å². The topological polar surface area (TPSA) is 105 Å². The maximum atomic E-state index is 8.84. The van der Waals surface area contributed by atoms with E-state index in [0.717, 1.165) is 44.5 Å². The second kappa shape index (κ2) is 11.0. The molecule has 0 bridgehead atoms. The number of hydrogen-bond donors (Lipinski definition) is 1. The summed E-state index contributed by atoms with van der Waals surface area (Å²) in [5.41, 5.74) is 1.29. The predicted octanol–water partition coefficient (Wildman–Crippen LogP) is 3.67. The van der Waals surface area contributed by atoms with Crippen molar-refractivity contribution >= 4 is 34.0 Å². The Bertz CT molecular complexity index is 1280. The molecule has 2 aliphatic rings. The van der Waals surface area contributed by atoms with Crippen molar-refractivity contribution in [3.63, 3.8) is 0 Å². The highest BCUT2D eigenvalue weighted by atomic mass is 35.5. The van der Waals surface area contributed by atoms with Crippen LogP contribution >= 0.6 is 11.6 Å². The lowest BCUT2D eigenvalue weighted by molar-refractivity contribution is 0.136. The summed E-state index contributed by atoms with van der Waals surface area (Å²) in [6, 6.07) is 9.46. The zero-order chi connectivity index (χ0) is 24.9. The van der Waals surface area contributed by atoms with E-state index in [2.05, 4.69) is 31.2 Å². The van der Waals surface area contributed by atoms with Crippen molar-refractivity contribution in [1.82, 2.24) is 19.8 Å². The zero-order valence-electron chi connectivity index (χ0n) is 20.0. The Morgan fingerprint density at radius 1 is 1.11 bits per heavy atom. The van der Waals surface area contributed by atoms with Gasteiger partial charge in [-0.05, 0) is 24.6 Å². The fraction of sp³-hybridized carbons (Fsp3) is 0.400. The van der Waals surface area contributed by atoms with E-state index in [9.17, 15) is 0 Å². The largest absolute Gasteiger partial charge is 0.493 e. The van der Waals surface area contributed by atoms with Crippen LogP contribution in [0.5, 0.6) is 23.0 Å². The van der Waals surface area contributed by atoms with Gasteiger partial charge >= 0.3 is 0 Å². The molecule has 0 radical (unpaired) electrons. The molecule has 0 unspecified atom stereocenters. The summed E-state index contributed by atoms with van der Waals surface area (Å²) in [5.74, 6) is 2.95. The quantitative estimate of drug-likeness (QED) is 0.338. The molecular formula is C25H27ClN6O4. The first-order valence-electron chi connectivity index (χ1n) is 11.8. The van der Waals surface area contributed by atoms with Crippen LogP contribution in [0.3, 0.4) is 0 Å². The lowest BCUT2D eigenvalue weighted by Gasteiger charge is -2.33. The number of piperazine rings is 1. The predicted molar refractivity (Wildman–Crippen MR) is 136 cm³/mol. The fourth-order valence-electron chi connectivity index (χ4n) is 4.36. The molecule has 1 N–H and O–H groups in total. The number of fused-ring (bicyclic) bond motifs is 2. The third kappa shape index (κ3) is 5.18. The maximum Gasteiger partial charge on any atom is 0.231 e. The number of nitrogens with one attached hydrogen (secondary N) is 1. The normalized spacial score (nSPS) is 15.6. The van der Waals surface area contributed by atoms with Gasteiger partial charge in [-0.25, -0.2) is 9.97 Å². The third-order valence-corrected chi connectivity index (χ3v) is 6.60.